The lowest BCUT2D eigenvalue weighted by Gasteiger charge is -2.08. The van der Waals surface area contributed by atoms with Gasteiger partial charge in [0.05, 0.1) is 15.8 Å². The molecule has 0 atom stereocenters. The molecule has 3 N–H and O–H groups in total. The van der Waals surface area contributed by atoms with Crippen LogP contribution in [0.25, 0.3) is 32.6 Å². The van der Waals surface area contributed by atoms with Crippen LogP contribution in [0.5, 0.6) is 0 Å². The fourth-order valence-electron chi connectivity index (χ4n) is 3.16. The van der Waals surface area contributed by atoms with Crippen molar-refractivity contribution in [3.8, 4) is 22.4 Å². The fraction of sp³-hybridized carbons (Fsp3) is 0.238. The van der Waals surface area contributed by atoms with E-state index in [1.807, 2.05) is 25.1 Å². The van der Waals surface area contributed by atoms with E-state index >= 15 is 0 Å². The summed E-state index contributed by atoms with van der Waals surface area (Å²) in [6.45, 7) is 6.93. The molecule has 0 spiro atoms. The van der Waals surface area contributed by atoms with Crippen LogP contribution in [0.4, 0.5) is 15.3 Å². The maximum absolute atomic E-state index is 14.5. The van der Waals surface area contributed by atoms with Crippen molar-refractivity contribution in [2.24, 2.45) is 0 Å². The molecule has 0 aliphatic rings. The Morgan fingerprint density at radius 3 is 2.75 bits per heavy atom. The molecule has 5 nitrogen and oxygen atoms in total. The third kappa shape index (κ3) is 3.45. The lowest BCUT2D eigenvalue weighted by Crippen LogP contribution is -2.08. The van der Waals surface area contributed by atoms with E-state index in [2.05, 4.69) is 45.7 Å². The van der Waals surface area contributed by atoms with Gasteiger partial charge in [-0.3, -0.25) is 5.10 Å². The van der Waals surface area contributed by atoms with Crippen molar-refractivity contribution in [1.82, 2.24) is 15.2 Å². The van der Waals surface area contributed by atoms with Crippen LogP contribution in [0.2, 0.25) is 0 Å². The Bertz CT molecular complexity index is 1120. The minimum Gasteiger partial charge on any atom is -0.370 e. The van der Waals surface area contributed by atoms with E-state index in [9.17, 15) is 4.39 Å². The van der Waals surface area contributed by atoms with Gasteiger partial charge in [0.1, 0.15) is 17.3 Å². The van der Waals surface area contributed by atoms with Crippen LogP contribution in [-0.4, -0.2) is 27.8 Å². The smallest absolute Gasteiger partial charge is 0.183 e. The quantitative estimate of drug-likeness (QED) is 0.389. The standard InChI is InChI=1S/C21H22FN5S/c1-4-23-20-18(19(26-27-20)14-7-5-6-8-15(14)22)13-9-10-16-17(11-13)28-21(25-16)24-12(2)3/h5-12H,4H2,1-3H3,(H,24,25)(H2,23,26,27). The Labute approximate surface area is 167 Å². The number of halogens is 1. The topological polar surface area (TPSA) is 65.6 Å². The van der Waals surface area contributed by atoms with Crippen molar-refractivity contribution in [2.75, 3.05) is 17.2 Å². The summed E-state index contributed by atoms with van der Waals surface area (Å²) in [6, 6.07) is 13.1. The highest BCUT2D eigenvalue weighted by molar-refractivity contribution is 7.22. The zero-order valence-corrected chi connectivity index (χ0v) is 16.8. The molecular weight excluding hydrogens is 373 g/mol. The molecule has 0 amide bonds. The molecule has 2 heterocycles. The number of hydrogen-bond donors (Lipinski definition) is 3. The van der Waals surface area contributed by atoms with E-state index in [-0.39, 0.29) is 5.82 Å². The number of hydrogen-bond acceptors (Lipinski definition) is 5. The third-order valence-corrected chi connectivity index (χ3v) is 5.29. The number of thiazole rings is 1. The molecular formula is C21H22FN5S. The summed E-state index contributed by atoms with van der Waals surface area (Å²) >= 11 is 1.61. The highest BCUT2D eigenvalue weighted by Gasteiger charge is 2.19. The van der Waals surface area contributed by atoms with E-state index in [1.54, 1.807) is 23.5 Å². The zero-order valence-electron chi connectivity index (χ0n) is 16.0. The summed E-state index contributed by atoms with van der Waals surface area (Å²) in [4.78, 5) is 4.64. The largest absolute Gasteiger partial charge is 0.370 e. The average Bonchev–Trinajstić information content (AvgIpc) is 3.24. The lowest BCUT2D eigenvalue weighted by atomic mass is 10.00. The first-order valence-corrected chi connectivity index (χ1v) is 10.1. The van der Waals surface area contributed by atoms with Crippen molar-refractivity contribution in [1.29, 1.82) is 0 Å². The number of H-pyrrole nitrogens is 1. The van der Waals surface area contributed by atoms with Gasteiger partial charge in [0.25, 0.3) is 0 Å². The van der Waals surface area contributed by atoms with E-state index in [4.69, 9.17) is 0 Å². The van der Waals surface area contributed by atoms with Crippen LogP contribution < -0.4 is 10.6 Å². The number of benzene rings is 2. The summed E-state index contributed by atoms with van der Waals surface area (Å²) in [5.74, 6) is 0.491. The van der Waals surface area contributed by atoms with Crippen molar-refractivity contribution < 1.29 is 4.39 Å². The van der Waals surface area contributed by atoms with E-state index in [0.717, 1.165) is 38.8 Å². The van der Waals surface area contributed by atoms with Crippen molar-refractivity contribution >= 4 is 32.5 Å². The Balaban J connectivity index is 1.85. The Morgan fingerprint density at radius 1 is 1.18 bits per heavy atom. The molecule has 0 saturated heterocycles. The number of aromatic amines is 1. The zero-order chi connectivity index (χ0) is 19.7. The van der Waals surface area contributed by atoms with Gasteiger partial charge in [-0.15, -0.1) is 0 Å². The van der Waals surface area contributed by atoms with Crippen LogP contribution in [-0.2, 0) is 0 Å². The fourth-order valence-corrected chi connectivity index (χ4v) is 4.22. The second-order valence-electron chi connectivity index (χ2n) is 6.83. The minimum absolute atomic E-state index is 0.291. The highest BCUT2D eigenvalue weighted by Crippen LogP contribution is 2.39. The van der Waals surface area contributed by atoms with Gasteiger partial charge in [0.15, 0.2) is 5.13 Å². The molecule has 4 rings (SSSR count). The van der Waals surface area contributed by atoms with Crippen LogP contribution in [0, 0.1) is 5.82 Å². The predicted molar refractivity (Wildman–Crippen MR) is 116 cm³/mol. The SMILES string of the molecule is CCNc1[nH]nc(-c2ccccc2F)c1-c1ccc2nc(NC(C)C)sc2c1. The maximum Gasteiger partial charge on any atom is 0.183 e. The van der Waals surface area contributed by atoms with Gasteiger partial charge >= 0.3 is 0 Å². The number of aromatic nitrogens is 3. The molecule has 2 aromatic heterocycles. The van der Waals surface area contributed by atoms with Crippen LogP contribution in [0.15, 0.2) is 42.5 Å². The average molecular weight is 396 g/mol. The first-order chi connectivity index (χ1) is 13.6. The van der Waals surface area contributed by atoms with E-state index in [0.29, 0.717) is 17.3 Å². The molecule has 0 aliphatic heterocycles. The number of nitrogens with one attached hydrogen (secondary N) is 3. The summed E-state index contributed by atoms with van der Waals surface area (Å²) in [7, 11) is 0. The molecule has 7 heteroatoms. The summed E-state index contributed by atoms with van der Waals surface area (Å²) in [6.07, 6.45) is 0. The Morgan fingerprint density at radius 2 is 2.00 bits per heavy atom. The highest BCUT2D eigenvalue weighted by atomic mass is 32.1. The third-order valence-electron chi connectivity index (χ3n) is 4.34. The van der Waals surface area contributed by atoms with Gasteiger partial charge in [0.2, 0.25) is 0 Å². The Kier molecular flexibility index (Phi) is 5.00. The number of rotatable bonds is 6. The lowest BCUT2D eigenvalue weighted by molar-refractivity contribution is 0.630. The molecule has 0 radical (unpaired) electrons. The monoisotopic (exact) mass is 395 g/mol. The number of anilines is 2. The maximum atomic E-state index is 14.5. The molecule has 2 aromatic carbocycles. The van der Waals surface area contributed by atoms with E-state index in [1.165, 1.54) is 6.07 Å². The molecule has 0 unspecified atom stereocenters. The van der Waals surface area contributed by atoms with Gasteiger partial charge < -0.3 is 10.6 Å². The van der Waals surface area contributed by atoms with Crippen LogP contribution >= 0.6 is 11.3 Å². The summed E-state index contributed by atoms with van der Waals surface area (Å²) in [5, 5.41) is 15.0. The first-order valence-electron chi connectivity index (χ1n) is 9.31. The molecule has 0 bridgehead atoms. The molecule has 4 aromatic rings. The van der Waals surface area contributed by atoms with Crippen LogP contribution in [0.1, 0.15) is 20.8 Å². The number of fused-ring (bicyclic) bond motifs is 1. The molecule has 0 aliphatic carbocycles. The molecule has 28 heavy (non-hydrogen) atoms. The van der Waals surface area contributed by atoms with Gasteiger partial charge in [0, 0.05) is 18.2 Å². The Hall–Kier alpha value is -2.93. The van der Waals surface area contributed by atoms with Crippen molar-refractivity contribution in [3.05, 3.63) is 48.3 Å². The summed E-state index contributed by atoms with van der Waals surface area (Å²) < 4.78 is 15.5. The van der Waals surface area contributed by atoms with Gasteiger partial charge in [-0.05, 0) is 50.6 Å². The normalized spacial score (nSPS) is 11.3. The van der Waals surface area contributed by atoms with Gasteiger partial charge in [-0.2, -0.15) is 5.10 Å². The summed E-state index contributed by atoms with van der Waals surface area (Å²) in [5.41, 5.74) is 3.84. The van der Waals surface area contributed by atoms with Gasteiger partial charge in [-0.1, -0.05) is 29.5 Å². The van der Waals surface area contributed by atoms with Crippen molar-refractivity contribution in [3.63, 3.8) is 0 Å². The predicted octanol–water partition coefficient (Wildman–Crippen LogP) is 5.74. The molecule has 144 valence electrons. The minimum atomic E-state index is -0.291. The second kappa shape index (κ2) is 7.59. The molecule has 0 fully saturated rings. The molecule has 0 saturated carbocycles. The van der Waals surface area contributed by atoms with Crippen LogP contribution in [0.3, 0.4) is 0 Å². The van der Waals surface area contributed by atoms with Crippen molar-refractivity contribution in [2.45, 2.75) is 26.8 Å². The second-order valence-corrected chi connectivity index (χ2v) is 7.86. The number of nitrogens with zero attached hydrogens (tertiary/aromatic N) is 2. The first kappa shape index (κ1) is 18.4. The van der Waals surface area contributed by atoms with E-state index < -0.39 is 0 Å². The van der Waals surface area contributed by atoms with Gasteiger partial charge in [-0.25, -0.2) is 9.37 Å².